The number of aromatic nitrogens is 1. The maximum Gasteiger partial charge on any atom is 0.265 e. The molecule has 0 spiro atoms. The Labute approximate surface area is 165 Å². The Hall–Kier alpha value is -2.41. The minimum atomic E-state index is -0.674. The number of hydrogen-bond acceptors (Lipinski definition) is 4. The molecule has 27 heavy (non-hydrogen) atoms. The van der Waals surface area contributed by atoms with E-state index < -0.39 is 6.04 Å². The van der Waals surface area contributed by atoms with Crippen molar-refractivity contribution in [3.05, 3.63) is 56.4 Å². The number of ether oxygens (including phenoxy) is 1. The van der Waals surface area contributed by atoms with Gasteiger partial charge < -0.3 is 14.2 Å². The molecular weight excluding hydrogens is 412 g/mol. The first kappa shape index (κ1) is 19.4. The third-order valence-corrected chi connectivity index (χ3v) is 5.13. The van der Waals surface area contributed by atoms with E-state index in [2.05, 4.69) is 15.9 Å². The van der Waals surface area contributed by atoms with Crippen LogP contribution in [0.2, 0.25) is 0 Å². The minimum absolute atomic E-state index is 0.00338. The van der Waals surface area contributed by atoms with Crippen LogP contribution in [0.15, 0.2) is 39.7 Å². The molecule has 1 aliphatic heterocycles. The van der Waals surface area contributed by atoms with Gasteiger partial charge in [0, 0.05) is 18.3 Å². The van der Waals surface area contributed by atoms with Crippen LogP contribution >= 0.6 is 15.9 Å². The Balaban J connectivity index is 1.99. The fourth-order valence-electron chi connectivity index (χ4n) is 3.18. The summed E-state index contributed by atoms with van der Waals surface area (Å²) >= 11 is 3.25. The number of nitrogens with zero attached hydrogens (tertiary/aromatic N) is 2. The maximum atomic E-state index is 13.0. The largest absolute Gasteiger partial charge is 0.482 e. The molecule has 3 rings (SSSR count). The lowest BCUT2D eigenvalue weighted by molar-refractivity contribution is -0.121. The first-order valence-corrected chi connectivity index (χ1v) is 9.62. The molecule has 2 heterocycles. The fourth-order valence-corrected chi connectivity index (χ4v) is 3.75. The molecule has 0 radical (unpaired) electrons. The maximum absolute atomic E-state index is 13.0. The zero-order chi connectivity index (χ0) is 19.7. The van der Waals surface area contributed by atoms with Gasteiger partial charge in [0.25, 0.3) is 11.5 Å². The Morgan fingerprint density at radius 1 is 1.30 bits per heavy atom. The van der Waals surface area contributed by atoms with Crippen LogP contribution < -0.4 is 15.2 Å². The Kier molecular flexibility index (Phi) is 5.51. The first-order chi connectivity index (χ1) is 12.8. The summed E-state index contributed by atoms with van der Waals surface area (Å²) in [5, 5.41) is 0. The quantitative estimate of drug-likeness (QED) is 0.677. The molecule has 1 atom stereocenters. The molecule has 142 valence electrons. The van der Waals surface area contributed by atoms with E-state index in [1.807, 2.05) is 13.8 Å². The smallest absolute Gasteiger partial charge is 0.265 e. The molecule has 0 saturated carbocycles. The van der Waals surface area contributed by atoms with Gasteiger partial charge in [-0.3, -0.25) is 14.4 Å². The van der Waals surface area contributed by atoms with Crippen molar-refractivity contribution < 1.29 is 14.3 Å². The lowest BCUT2D eigenvalue weighted by Gasteiger charge is -2.29. The highest BCUT2D eigenvalue weighted by Crippen LogP contribution is 2.34. The third-order valence-electron chi connectivity index (χ3n) is 4.57. The van der Waals surface area contributed by atoms with Gasteiger partial charge in [0.15, 0.2) is 12.4 Å². The molecule has 0 saturated heterocycles. The second-order valence-electron chi connectivity index (χ2n) is 6.63. The van der Waals surface area contributed by atoms with Crippen molar-refractivity contribution in [2.45, 2.75) is 33.2 Å². The van der Waals surface area contributed by atoms with Crippen molar-refractivity contribution in [1.29, 1.82) is 0 Å². The van der Waals surface area contributed by atoms with Crippen molar-refractivity contribution in [3.8, 4) is 5.75 Å². The predicted octanol–water partition coefficient (Wildman–Crippen LogP) is 3.50. The van der Waals surface area contributed by atoms with Gasteiger partial charge in [0.1, 0.15) is 5.75 Å². The number of anilines is 1. The van der Waals surface area contributed by atoms with Gasteiger partial charge in [-0.1, -0.05) is 6.92 Å². The zero-order valence-corrected chi connectivity index (χ0v) is 17.1. The topological polar surface area (TPSA) is 68.6 Å². The number of carbonyl (C=O) groups excluding carboxylic acids is 2. The molecule has 2 aromatic rings. The number of benzene rings is 1. The monoisotopic (exact) mass is 432 g/mol. The van der Waals surface area contributed by atoms with Gasteiger partial charge in [-0.15, -0.1) is 0 Å². The normalized spacial score (nSPS) is 14.5. The van der Waals surface area contributed by atoms with E-state index in [4.69, 9.17) is 4.74 Å². The number of ketones is 1. The van der Waals surface area contributed by atoms with E-state index in [-0.39, 0.29) is 23.9 Å². The number of Topliss-reactive ketones (excluding diaryl/α,β-unsaturated/α-hetero) is 1. The molecule has 0 bridgehead atoms. The predicted molar refractivity (Wildman–Crippen MR) is 107 cm³/mol. The number of carbonyl (C=O) groups is 2. The number of fused-ring (bicyclic) bond motifs is 1. The van der Waals surface area contributed by atoms with Gasteiger partial charge in [-0.2, -0.15) is 0 Å². The summed E-state index contributed by atoms with van der Waals surface area (Å²) in [6, 6.07) is 6.11. The second-order valence-corrected chi connectivity index (χ2v) is 7.49. The number of aryl methyl sites for hydroxylation is 1. The molecule has 1 aliphatic rings. The number of hydrogen-bond donors (Lipinski definition) is 0. The molecule has 1 aromatic heterocycles. The van der Waals surface area contributed by atoms with Crippen LogP contribution in [0.5, 0.6) is 5.75 Å². The van der Waals surface area contributed by atoms with E-state index in [0.717, 1.165) is 12.0 Å². The Morgan fingerprint density at radius 3 is 2.74 bits per heavy atom. The number of pyridine rings is 1. The molecule has 1 aromatic carbocycles. The summed E-state index contributed by atoms with van der Waals surface area (Å²) in [5.74, 6) is 0.260. The Morgan fingerprint density at radius 2 is 2.04 bits per heavy atom. The SMILES string of the molecule is CCCN1C(=O)COc2ccc(C(=O)C(C)n3cc(C)cc(Br)c3=O)cc21. The van der Waals surface area contributed by atoms with Crippen LogP contribution in [0.3, 0.4) is 0 Å². The highest BCUT2D eigenvalue weighted by Gasteiger charge is 2.27. The summed E-state index contributed by atoms with van der Waals surface area (Å²) in [6.07, 6.45) is 2.47. The van der Waals surface area contributed by atoms with Gasteiger partial charge in [0.2, 0.25) is 0 Å². The molecule has 6 nitrogen and oxygen atoms in total. The molecule has 0 aliphatic carbocycles. The lowest BCUT2D eigenvalue weighted by atomic mass is 10.0. The average Bonchev–Trinajstić information content (AvgIpc) is 2.65. The summed E-state index contributed by atoms with van der Waals surface area (Å²) in [6.45, 7) is 6.11. The second kappa shape index (κ2) is 7.68. The third kappa shape index (κ3) is 3.69. The average molecular weight is 433 g/mol. The molecular formula is C20H21BrN2O4. The van der Waals surface area contributed by atoms with E-state index in [9.17, 15) is 14.4 Å². The summed E-state index contributed by atoms with van der Waals surface area (Å²) in [5.41, 5.74) is 1.65. The molecule has 0 N–H and O–H groups in total. The summed E-state index contributed by atoms with van der Waals surface area (Å²) in [4.78, 5) is 39.3. The van der Waals surface area contributed by atoms with Gasteiger partial charge in [-0.05, 0) is 66.0 Å². The highest BCUT2D eigenvalue weighted by atomic mass is 79.9. The highest BCUT2D eigenvalue weighted by molar-refractivity contribution is 9.10. The van der Waals surface area contributed by atoms with Crippen LogP contribution in [-0.4, -0.2) is 29.4 Å². The standard InChI is InChI=1S/C20H21BrN2O4/c1-4-7-22-16-9-14(5-6-17(16)27-11-18(22)24)19(25)13(3)23-10-12(2)8-15(21)20(23)26/h5-6,8-10,13H,4,7,11H2,1-3H3. The zero-order valence-electron chi connectivity index (χ0n) is 15.5. The van der Waals surface area contributed by atoms with Crippen LogP contribution in [0.25, 0.3) is 0 Å². The van der Waals surface area contributed by atoms with Crippen molar-refractivity contribution in [3.63, 3.8) is 0 Å². The van der Waals surface area contributed by atoms with Crippen molar-refractivity contribution in [2.24, 2.45) is 0 Å². The van der Waals surface area contributed by atoms with Gasteiger partial charge in [0.05, 0.1) is 16.2 Å². The van der Waals surface area contributed by atoms with Crippen LogP contribution in [0.4, 0.5) is 5.69 Å². The number of amides is 1. The van der Waals surface area contributed by atoms with Gasteiger partial charge >= 0.3 is 0 Å². The molecule has 1 unspecified atom stereocenters. The van der Waals surface area contributed by atoms with Crippen molar-refractivity contribution >= 4 is 33.3 Å². The minimum Gasteiger partial charge on any atom is -0.482 e. The van der Waals surface area contributed by atoms with Crippen molar-refractivity contribution in [2.75, 3.05) is 18.1 Å². The fraction of sp³-hybridized carbons (Fsp3) is 0.350. The number of halogens is 1. The first-order valence-electron chi connectivity index (χ1n) is 8.83. The summed E-state index contributed by atoms with van der Waals surface area (Å²) < 4.78 is 7.32. The van der Waals surface area contributed by atoms with Crippen LogP contribution in [0, 0.1) is 6.92 Å². The Bertz CT molecular complexity index is 967. The van der Waals surface area contributed by atoms with E-state index in [1.54, 1.807) is 42.3 Å². The van der Waals surface area contributed by atoms with E-state index >= 15 is 0 Å². The van der Waals surface area contributed by atoms with E-state index in [1.165, 1.54) is 4.57 Å². The van der Waals surface area contributed by atoms with Crippen LogP contribution in [-0.2, 0) is 4.79 Å². The van der Waals surface area contributed by atoms with Crippen molar-refractivity contribution in [1.82, 2.24) is 4.57 Å². The lowest BCUT2D eigenvalue weighted by Crippen LogP contribution is -2.39. The van der Waals surface area contributed by atoms with Gasteiger partial charge in [-0.25, -0.2) is 0 Å². The molecule has 1 amide bonds. The van der Waals surface area contributed by atoms with E-state index in [0.29, 0.717) is 28.0 Å². The molecule has 7 heteroatoms. The van der Waals surface area contributed by atoms with Crippen LogP contribution in [0.1, 0.15) is 42.2 Å². The molecule has 0 fully saturated rings. The summed E-state index contributed by atoms with van der Waals surface area (Å²) in [7, 11) is 0. The number of rotatable bonds is 5.